The molecule has 24 heavy (non-hydrogen) atoms. The van der Waals surface area contributed by atoms with Gasteiger partial charge in [-0.3, -0.25) is 9.78 Å². The van der Waals surface area contributed by atoms with E-state index >= 15 is 0 Å². The third kappa shape index (κ3) is 3.50. The fraction of sp³-hybridized carbons (Fsp3) is 0.111. The smallest absolute Gasteiger partial charge is 0.241 e. The molecule has 0 aliphatic heterocycles. The van der Waals surface area contributed by atoms with Crippen molar-refractivity contribution >= 4 is 22.2 Å². The van der Waals surface area contributed by atoms with Crippen molar-refractivity contribution in [1.82, 2.24) is 4.98 Å². The first-order valence-electron chi connectivity index (χ1n) is 7.41. The Morgan fingerprint density at radius 1 is 1.17 bits per heavy atom. The zero-order valence-corrected chi connectivity index (χ0v) is 13.8. The van der Waals surface area contributed by atoms with Crippen molar-refractivity contribution in [2.24, 2.45) is 5.73 Å². The van der Waals surface area contributed by atoms with Crippen molar-refractivity contribution in [1.29, 1.82) is 0 Å². The monoisotopic (exact) mass is 341 g/mol. The van der Waals surface area contributed by atoms with Crippen LogP contribution in [0.5, 0.6) is 0 Å². The van der Waals surface area contributed by atoms with E-state index in [1.165, 1.54) is 23.5 Å². The van der Waals surface area contributed by atoms with Crippen LogP contribution in [0.3, 0.4) is 0 Å². The van der Waals surface area contributed by atoms with Crippen molar-refractivity contribution in [3.63, 3.8) is 0 Å². The molecule has 3 N–H and O–H groups in total. The molecule has 0 radical (unpaired) electrons. The van der Waals surface area contributed by atoms with Gasteiger partial charge in [0.15, 0.2) is 0 Å². The van der Waals surface area contributed by atoms with Crippen LogP contribution in [0.4, 0.5) is 9.39 Å². The van der Waals surface area contributed by atoms with Crippen molar-refractivity contribution in [3.05, 3.63) is 60.7 Å². The van der Waals surface area contributed by atoms with Gasteiger partial charge in [0, 0.05) is 22.8 Å². The van der Waals surface area contributed by atoms with Gasteiger partial charge in [0.05, 0.1) is 11.0 Å². The van der Waals surface area contributed by atoms with Gasteiger partial charge in [-0.15, -0.1) is 11.3 Å². The number of rotatable bonds is 4. The Bertz CT molecular complexity index is 844. The molecule has 3 rings (SSSR count). The van der Waals surface area contributed by atoms with Crippen LogP contribution >= 0.6 is 11.3 Å². The topological polar surface area (TPSA) is 68.0 Å². The molecule has 0 fully saturated rings. The lowest BCUT2D eigenvalue weighted by Gasteiger charge is -2.04. The minimum Gasteiger partial charge on any atom is -0.320 e. The summed E-state index contributed by atoms with van der Waals surface area (Å²) in [7, 11) is 0. The Morgan fingerprint density at radius 3 is 2.46 bits per heavy atom. The molecule has 0 saturated heterocycles. The predicted molar refractivity (Wildman–Crippen MR) is 95.2 cm³/mol. The van der Waals surface area contributed by atoms with E-state index in [9.17, 15) is 9.18 Å². The minimum absolute atomic E-state index is 0.247. The van der Waals surface area contributed by atoms with Crippen LogP contribution in [0.25, 0.3) is 21.6 Å². The van der Waals surface area contributed by atoms with Crippen LogP contribution in [0.1, 0.15) is 6.92 Å². The number of hydrogen-bond donors (Lipinski definition) is 2. The van der Waals surface area contributed by atoms with Crippen LogP contribution in [0, 0.1) is 5.82 Å². The quantitative estimate of drug-likeness (QED) is 0.756. The van der Waals surface area contributed by atoms with E-state index in [0.29, 0.717) is 5.00 Å². The van der Waals surface area contributed by atoms with Gasteiger partial charge in [0.25, 0.3) is 0 Å². The number of benzene rings is 1. The summed E-state index contributed by atoms with van der Waals surface area (Å²) >= 11 is 1.45. The number of anilines is 1. The van der Waals surface area contributed by atoms with Gasteiger partial charge < -0.3 is 11.1 Å². The summed E-state index contributed by atoms with van der Waals surface area (Å²) in [5.41, 5.74) is 8.39. The highest BCUT2D eigenvalue weighted by Crippen LogP contribution is 2.41. The molecule has 0 aliphatic carbocycles. The Labute approximate surface area is 143 Å². The molecule has 0 saturated carbocycles. The number of nitrogens with zero attached hydrogens (tertiary/aromatic N) is 1. The zero-order valence-electron chi connectivity index (χ0n) is 13.0. The summed E-state index contributed by atoms with van der Waals surface area (Å²) in [6, 6.07) is 11.4. The summed E-state index contributed by atoms with van der Waals surface area (Å²) in [6.07, 6.45) is 3.42. The maximum Gasteiger partial charge on any atom is 0.241 e. The molecule has 2 aromatic heterocycles. The van der Waals surface area contributed by atoms with Crippen LogP contribution in [0.2, 0.25) is 0 Å². The third-order valence-corrected chi connectivity index (χ3v) is 4.59. The van der Waals surface area contributed by atoms with Crippen LogP contribution < -0.4 is 11.1 Å². The number of nitrogens with one attached hydrogen (secondary N) is 1. The van der Waals surface area contributed by atoms with Crippen LogP contribution in [-0.2, 0) is 4.79 Å². The zero-order chi connectivity index (χ0) is 17.1. The molecular weight excluding hydrogens is 325 g/mol. The van der Waals surface area contributed by atoms with Gasteiger partial charge >= 0.3 is 0 Å². The molecule has 122 valence electrons. The van der Waals surface area contributed by atoms with Gasteiger partial charge in [-0.05, 0) is 48.4 Å². The fourth-order valence-corrected chi connectivity index (χ4v) is 3.34. The molecular formula is C18H16FN3OS. The lowest BCUT2D eigenvalue weighted by Crippen LogP contribution is -2.32. The molecule has 2 heterocycles. The second kappa shape index (κ2) is 6.90. The molecule has 3 aromatic rings. The second-order valence-electron chi connectivity index (χ2n) is 5.37. The maximum atomic E-state index is 13.2. The van der Waals surface area contributed by atoms with Gasteiger partial charge in [0.2, 0.25) is 5.91 Å². The highest BCUT2D eigenvalue weighted by molar-refractivity contribution is 7.20. The van der Waals surface area contributed by atoms with E-state index in [-0.39, 0.29) is 11.7 Å². The molecule has 6 heteroatoms. The number of carbonyl (C=O) groups excluding carboxylic acids is 1. The largest absolute Gasteiger partial charge is 0.320 e. The van der Waals surface area contributed by atoms with Crippen molar-refractivity contribution in [2.45, 2.75) is 13.0 Å². The number of pyridine rings is 1. The molecule has 0 aliphatic rings. The SMILES string of the molecule is C[C@H](N)C(=O)Nc1cc(-c2ccc(F)cc2)c(-c2ccncc2)s1. The van der Waals surface area contributed by atoms with Gasteiger partial charge in [-0.2, -0.15) is 0 Å². The minimum atomic E-state index is -0.592. The molecule has 0 spiro atoms. The second-order valence-corrected chi connectivity index (χ2v) is 6.43. The van der Waals surface area contributed by atoms with E-state index in [2.05, 4.69) is 10.3 Å². The average molecular weight is 341 g/mol. The number of hydrogen-bond acceptors (Lipinski definition) is 4. The van der Waals surface area contributed by atoms with Gasteiger partial charge in [-0.25, -0.2) is 4.39 Å². The summed E-state index contributed by atoms with van der Waals surface area (Å²) in [5, 5.41) is 3.52. The Morgan fingerprint density at radius 2 is 1.83 bits per heavy atom. The highest BCUT2D eigenvalue weighted by atomic mass is 32.1. The third-order valence-electron chi connectivity index (χ3n) is 3.49. The number of carbonyl (C=O) groups is 1. The normalized spacial score (nSPS) is 12.0. The van der Waals surface area contributed by atoms with Gasteiger partial charge in [-0.1, -0.05) is 12.1 Å². The molecule has 4 nitrogen and oxygen atoms in total. The molecule has 1 atom stereocenters. The predicted octanol–water partition coefficient (Wildman–Crippen LogP) is 3.90. The van der Waals surface area contributed by atoms with E-state index in [1.807, 2.05) is 18.2 Å². The van der Waals surface area contributed by atoms with E-state index in [4.69, 9.17) is 5.73 Å². The number of nitrogens with two attached hydrogens (primary N) is 1. The van der Waals surface area contributed by atoms with E-state index in [0.717, 1.165) is 21.6 Å². The van der Waals surface area contributed by atoms with Crippen LogP contribution in [-0.4, -0.2) is 16.9 Å². The number of halogens is 1. The maximum absolute atomic E-state index is 13.2. The Balaban J connectivity index is 2.06. The molecule has 0 unspecified atom stereocenters. The lowest BCUT2D eigenvalue weighted by molar-refractivity contribution is -0.117. The Hall–Kier alpha value is -2.57. The van der Waals surface area contributed by atoms with Crippen molar-refractivity contribution in [2.75, 3.05) is 5.32 Å². The first kappa shape index (κ1) is 16.3. The molecule has 0 bridgehead atoms. The molecule has 1 amide bonds. The standard InChI is InChI=1S/C18H16FN3OS/c1-11(20)18(23)22-16-10-15(12-2-4-14(19)5-3-12)17(24-16)13-6-8-21-9-7-13/h2-11H,20H2,1H3,(H,22,23)/t11-/m0/s1. The van der Waals surface area contributed by atoms with E-state index in [1.54, 1.807) is 31.5 Å². The summed E-state index contributed by atoms with van der Waals surface area (Å²) in [4.78, 5) is 16.9. The van der Waals surface area contributed by atoms with Crippen molar-refractivity contribution < 1.29 is 9.18 Å². The number of aromatic nitrogens is 1. The fourth-order valence-electron chi connectivity index (χ4n) is 2.25. The molecule has 1 aromatic carbocycles. The summed E-state index contributed by atoms with van der Waals surface area (Å²) < 4.78 is 13.2. The first-order chi connectivity index (χ1) is 11.5. The van der Waals surface area contributed by atoms with E-state index < -0.39 is 6.04 Å². The number of thiophene rings is 1. The van der Waals surface area contributed by atoms with Crippen LogP contribution in [0.15, 0.2) is 54.9 Å². The van der Waals surface area contributed by atoms with Gasteiger partial charge in [0.1, 0.15) is 5.82 Å². The average Bonchev–Trinajstić information content (AvgIpc) is 3.00. The first-order valence-corrected chi connectivity index (χ1v) is 8.23. The lowest BCUT2D eigenvalue weighted by atomic mass is 10.0. The number of amides is 1. The Kier molecular flexibility index (Phi) is 4.69. The summed E-state index contributed by atoms with van der Waals surface area (Å²) in [6.45, 7) is 1.63. The summed E-state index contributed by atoms with van der Waals surface area (Å²) in [5.74, 6) is -0.534. The highest BCUT2D eigenvalue weighted by Gasteiger charge is 2.16. The van der Waals surface area contributed by atoms with Crippen molar-refractivity contribution in [3.8, 4) is 21.6 Å².